The number of rotatable bonds is 7. The van der Waals surface area contributed by atoms with Crippen LogP contribution in [0.25, 0.3) is 20.8 Å². The summed E-state index contributed by atoms with van der Waals surface area (Å²) in [5, 5.41) is 3.71. The number of thiazole rings is 1. The van der Waals surface area contributed by atoms with Crippen molar-refractivity contribution in [1.29, 1.82) is 0 Å². The van der Waals surface area contributed by atoms with Gasteiger partial charge in [-0.3, -0.25) is 4.79 Å². The van der Waals surface area contributed by atoms with Crippen molar-refractivity contribution >= 4 is 59.1 Å². The summed E-state index contributed by atoms with van der Waals surface area (Å²) in [6, 6.07) is 20.0. The maximum absolute atomic E-state index is 12.3. The van der Waals surface area contributed by atoms with Gasteiger partial charge in [-0.1, -0.05) is 22.0 Å². The molecule has 0 radical (unpaired) electrons. The molecule has 1 heterocycles. The van der Waals surface area contributed by atoms with Gasteiger partial charge in [-0.25, -0.2) is 18.1 Å². The summed E-state index contributed by atoms with van der Waals surface area (Å²) in [5.41, 5.74) is 3.79. The van der Waals surface area contributed by atoms with Crippen molar-refractivity contribution in [1.82, 2.24) is 9.71 Å². The number of anilines is 1. The van der Waals surface area contributed by atoms with Crippen molar-refractivity contribution in [3.63, 3.8) is 0 Å². The molecular weight excluding hydrogens is 510 g/mol. The Bertz CT molecular complexity index is 1370. The predicted molar refractivity (Wildman–Crippen MR) is 132 cm³/mol. The second-order valence-corrected chi connectivity index (χ2v) is 10.9. The first kappa shape index (κ1) is 22.6. The number of sulfonamides is 1. The monoisotopic (exact) mass is 529 g/mol. The number of nitrogens with one attached hydrogen (secondary N) is 2. The molecule has 0 saturated heterocycles. The van der Waals surface area contributed by atoms with E-state index in [1.807, 2.05) is 36.4 Å². The molecule has 9 heteroatoms. The second-order valence-electron chi connectivity index (χ2n) is 7.22. The lowest BCUT2D eigenvalue weighted by atomic mass is 10.2. The zero-order valence-electron chi connectivity index (χ0n) is 17.1. The van der Waals surface area contributed by atoms with Gasteiger partial charge in [0.15, 0.2) is 0 Å². The maximum atomic E-state index is 12.3. The van der Waals surface area contributed by atoms with Crippen molar-refractivity contribution in [2.24, 2.45) is 0 Å². The topological polar surface area (TPSA) is 88.2 Å². The molecule has 0 aliphatic rings. The van der Waals surface area contributed by atoms with Crippen LogP contribution in [-0.4, -0.2) is 25.9 Å². The minimum Gasteiger partial charge on any atom is -0.326 e. The summed E-state index contributed by atoms with van der Waals surface area (Å²) in [5.74, 6) is -0.272. The average Bonchev–Trinajstić information content (AvgIpc) is 3.17. The number of hydrogen-bond acceptors (Lipinski definition) is 5. The van der Waals surface area contributed by atoms with Gasteiger partial charge < -0.3 is 5.32 Å². The third-order valence-electron chi connectivity index (χ3n) is 4.73. The number of aromatic nitrogens is 1. The molecule has 0 aliphatic carbocycles. The van der Waals surface area contributed by atoms with Crippen LogP contribution >= 0.6 is 27.3 Å². The van der Waals surface area contributed by atoms with Gasteiger partial charge in [0.2, 0.25) is 15.9 Å². The van der Waals surface area contributed by atoms with Crippen LogP contribution in [0.5, 0.6) is 0 Å². The van der Waals surface area contributed by atoms with E-state index in [9.17, 15) is 13.2 Å². The smallest absolute Gasteiger partial charge is 0.240 e. The molecule has 164 valence electrons. The molecule has 0 unspecified atom stereocenters. The summed E-state index contributed by atoms with van der Waals surface area (Å²) < 4.78 is 28.9. The molecule has 1 aromatic heterocycles. The number of hydrogen-bond donors (Lipinski definition) is 2. The summed E-state index contributed by atoms with van der Waals surface area (Å²) >= 11 is 4.90. The minimum atomic E-state index is -3.65. The van der Waals surface area contributed by atoms with E-state index in [0.717, 1.165) is 25.3 Å². The molecule has 0 fully saturated rings. The highest BCUT2D eigenvalue weighted by Crippen LogP contribution is 2.31. The number of carbonyl (C=O) groups is 1. The van der Waals surface area contributed by atoms with Gasteiger partial charge in [-0.2, -0.15) is 0 Å². The molecular formula is C23H20BrN3O3S2. The van der Waals surface area contributed by atoms with Crippen LogP contribution in [0.1, 0.15) is 12.0 Å². The molecule has 0 aliphatic heterocycles. The van der Waals surface area contributed by atoms with Crippen LogP contribution in [0.15, 0.2) is 76.1 Å². The van der Waals surface area contributed by atoms with E-state index in [-0.39, 0.29) is 23.8 Å². The molecule has 32 heavy (non-hydrogen) atoms. The molecule has 2 N–H and O–H groups in total. The third-order valence-corrected chi connectivity index (χ3v) is 7.80. The van der Waals surface area contributed by atoms with E-state index in [1.54, 1.807) is 23.5 Å². The van der Waals surface area contributed by atoms with Crippen molar-refractivity contribution in [3.8, 4) is 10.6 Å². The van der Waals surface area contributed by atoms with E-state index in [4.69, 9.17) is 0 Å². The lowest BCUT2D eigenvalue weighted by molar-refractivity contribution is -0.116. The second kappa shape index (κ2) is 9.50. The predicted octanol–water partition coefficient (Wildman–Crippen LogP) is 5.34. The lowest BCUT2D eigenvalue weighted by Gasteiger charge is -2.08. The largest absolute Gasteiger partial charge is 0.326 e. The fourth-order valence-corrected chi connectivity index (χ4v) is 5.44. The first-order valence-corrected chi connectivity index (χ1v) is 12.9. The Balaban J connectivity index is 1.33. The average molecular weight is 530 g/mol. The van der Waals surface area contributed by atoms with Gasteiger partial charge in [-0.05, 0) is 73.2 Å². The van der Waals surface area contributed by atoms with E-state index >= 15 is 0 Å². The Morgan fingerprint density at radius 2 is 1.75 bits per heavy atom. The van der Waals surface area contributed by atoms with Gasteiger partial charge in [0.1, 0.15) is 5.01 Å². The molecule has 0 saturated carbocycles. The van der Waals surface area contributed by atoms with Crippen LogP contribution in [0, 0.1) is 6.92 Å². The van der Waals surface area contributed by atoms with Crippen LogP contribution < -0.4 is 10.0 Å². The number of fused-ring (bicyclic) bond motifs is 1. The highest BCUT2D eigenvalue weighted by Gasteiger charge is 2.14. The third kappa shape index (κ3) is 5.42. The van der Waals surface area contributed by atoms with Crippen molar-refractivity contribution < 1.29 is 13.2 Å². The fourth-order valence-electron chi connectivity index (χ4n) is 3.07. The zero-order chi connectivity index (χ0) is 22.7. The van der Waals surface area contributed by atoms with Gasteiger partial charge >= 0.3 is 0 Å². The number of benzene rings is 3. The normalized spacial score (nSPS) is 11.6. The highest BCUT2D eigenvalue weighted by atomic mass is 79.9. The van der Waals surface area contributed by atoms with Crippen LogP contribution in [0.2, 0.25) is 0 Å². The van der Waals surface area contributed by atoms with Gasteiger partial charge in [0, 0.05) is 28.7 Å². The van der Waals surface area contributed by atoms with Crippen LogP contribution in [0.3, 0.4) is 0 Å². The number of amides is 1. The van der Waals surface area contributed by atoms with Crippen molar-refractivity contribution in [2.75, 3.05) is 11.9 Å². The molecule has 4 rings (SSSR count). The number of aryl methyl sites for hydroxylation is 1. The zero-order valence-corrected chi connectivity index (χ0v) is 20.4. The Hall–Kier alpha value is -2.59. The number of carbonyl (C=O) groups excluding carboxylic acids is 1. The first-order valence-electron chi connectivity index (χ1n) is 9.83. The Kier molecular flexibility index (Phi) is 6.71. The first-order chi connectivity index (χ1) is 15.3. The Morgan fingerprint density at radius 3 is 2.47 bits per heavy atom. The van der Waals surface area contributed by atoms with Gasteiger partial charge in [0.25, 0.3) is 0 Å². The van der Waals surface area contributed by atoms with E-state index in [2.05, 4.69) is 43.9 Å². The van der Waals surface area contributed by atoms with Crippen molar-refractivity contribution in [3.05, 3.63) is 76.8 Å². The standard InChI is InChI=1S/C23H20BrN3O3S2/c1-15-2-11-20-21(14-15)31-23(27-20)16-3-7-18(8-4-16)26-22(28)12-13-25-32(29,30)19-9-5-17(24)6-10-19/h2-11,14,25H,12-13H2,1H3,(H,26,28). The SMILES string of the molecule is Cc1ccc2nc(-c3ccc(NC(=O)CCNS(=O)(=O)c4ccc(Br)cc4)cc3)sc2c1. The summed E-state index contributed by atoms with van der Waals surface area (Å²) in [7, 11) is -3.65. The quantitative estimate of drug-likeness (QED) is 0.338. The molecule has 1 amide bonds. The number of halogens is 1. The Morgan fingerprint density at radius 1 is 1.03 bits per heavy atom. The van der Waals surface area contributed by atoms with Crippen LogP contribution in [-0.2, 0) is 14.8 Å². The fraction of sp³-hybridized carbons (Fsp3) is 0.130. The van der Waals surface area contributed by atoms with E-state index < -0.39 is 10.0 Å². The molecule has 0 bridgehead atoms. The van der Waals surface area contributed by atoms with E-state index in [1.165, 1.54) is 17.7 Å². The van der Waals surface area contributed by atoms with Crippen molar-refractivity contribution in [2.45, 2.75) is 18.2 Å². The maximum Gasteiger partial charge on any atom is 0.240 e. The number of nitrogens with zero attached hydrogens (tertiary/aromatic N) is 1. The van der Waals surface area contributed by atoms with Gasteiger partial charge in [-0.15, -0.1) is 11.3 Å². The molecule has 0 atom stereocenters. The molecule has 4 aromatic rings. The minimum absolute atomic E-state index is 0.00738. The molecule has 3 aromatic carbocycles. The molecule has 0 spiro atoms. The van der Waals surface area contributed by atoms with Gasteiger partial charge in [0.05, 0.1) is 15.1 Å². The summed E-state index contributed by atoms with van der Waals surface area (Å²) in [6.45, 7) is 2.06. The van der Waals surface area contributed by atoms with E-state index in [0.29, 0.717) is 5.69 Å². The molecule has 6 nitrogen and oxygen atoms in total. The summed E-state index contributed by atoms with van der Waals surface area (Å²) in [6.07, 6.45) is 0.0225. The Labute approximate surface area is 198 Å². The van der Waals surface area contributed by atoms with Crippen LogP contribution in [0.4, 0.5) is 5.69 Å². The highest BCUT2D eigenvalue weighted by molar-refractivity contribution is 9.10. The summed E-state index contributed by atoms with van der Waals surface area (Å²) in [4.78, 5) is 17.0. The lowest BCUT2D eigenvalue weighted by Crippen LogP contribution is -2.27.